The first-order chi connectivity index (χ1) is 10.4. The van der Waals surface area contributed by atoms with Gasteiger partial charge in [0.25, 0.3) is 5.56 Å². The molecule has 0 amide bonds. The first-order valence-electron chi connectivity index (χ1n) is 6.29. The van der Waals surface area contributed by atoms with Crippen LogP contribution in [0.4, 0.5) is 8.78 Å². The van der Waals surface area contributed by atoms with Crippen LogP contribution in [0.15, 0.2) is 39.9 Å². The first kappa shape index (κ1) is 14.9. The number of H-pyrrole nitrogens is 1. The van der Waals surface area contributed by atoms with Crippen LogP contribution in [0.25, 0.3) is 16.6 Å². The highest BCUT2D eigenvalue weighted by Gasteiger charge is 2.18. The summed E-state index contributed by atoms with van der Waals surface area (Å²) in [7, 11) is 0. The predicted molar refractivity (Wildman–Crippen MR) is 87.5 cm³/mol. The highest BCUT2D eigenvalue weighted by Crippen LogP contribution is 2.19. The van der Waals surface area contributed by atoms with Crippen LogP contribution >= 0.6 is 22.6 Å². The lowest BCUT2D eigenvalue weighted by molar-refractivity contribution is 0.561. The molecule has 112 valence electrons. The van der Waals surface area contributed by atoms with Crippen LogP contribution in [0.3, 0.4) is 0 Å². The molecule has 0 radical (unpaired) electrons. The monoisotopic (exact) mass is 414 g/mol. The lowest BCUT2D eigenvalue weighted by Gasteiger charge is -2.10. The third kappa shape index (κ3) is 2.25. The number of fused-ring (bicyclic) bond motifs is 1. The van der Waals surface area contributed by atoms with Crippen molar-refractivity contribution in [3.8, 4) is 5.69 Å². The predicted octanol–water partition coefficient (Wildman–Crippen LogP) is 2.87. The fraction of sp³-hybridized carbons (Fsp3) is 0.0667. The molecule has 7 heteroatoms. The average Bonchev–Trinajstić information content (AvgIpc) is 2.42. The second-order valence-electron chi connectivity index (χ2n) is 4.79. The smallest absolute Gasteiger partial charge is 0.306 e. The van der Waals surface area contributed by atoms with E-state index in [4.69, 9.17) is 0 Å². The molecule has 0 unspecified atom stereocenters. The molecule has 22 heavy (non-hydrogen) atoms. The van der Waals surface area contributed by atoms with Crippen LogP contribution in [0.1, 0.15) is 5.56 Å². The fourth-order valence-electron chi connectivity index (χ4n) is 2.34. The molecule has 0 saturated carbocycles. The molecule has 1 heterocycles. The van der Waals surface area contributed by atoms with Crippen molar-refractivity contribution in [2.45, 2.75) is 6.92 Å². The van der Waals surface area contributed by atoms with Gasteiger partial charge in [0, 0.05) is 3.57 Å². The number of aromatic nitrogens is 2. The number of halogens is 3. The summed E-state index contributed by atoms with van der Waals surface area (Å²) in [5, 5.41) is 0.192. The Morgan fingerprint density at radius 2 is 1.77 bits per heavy atom. The van der Waals surface area contributed by atoms with Gasteiger partial charge in [-0.3, -0.25) is 4.79 Å². The van der Waals surface area contributed by atoms with Gasteiger partial charge in [-0.25, -0.2) is 18.1 Å². The fourth-order valence-corrected chi connectivity index (χ4v) is 2.89. The Bertz CT molecular complexity index is 1000. The molecule has 3 rings (SSSR count). The molecule has 1 aromatic heterocycles. The van der Waals surface area contributed by atoms with E-state index in [1.807, 2.05) is 0 Å². The number of benzene rings is 2. The van der Waals surface area contributed by atoms with E-state index in [1.165, 1.54) is 6.07 Å². The number of nitrogens with one attached hydrogen (secondary N) is 1. The zero-order valence-corrected chi connectivity index (χ0v) is 13.4. The SMILES string of the molecule is Cc1cccc2c(=O)n(-c3c(F)cc(I)cc3F)c(=O)[nH]c12. The minimum atomic E-state index is -0.969. The number of aromatic amines is 1. The van der Waals surface area contributed by atoms with Crippen molar-refractivity contribution >= 4 is 33.5 Å². The van der Waals surface area contributed by atoms with Crippen LogP contribution in [0.5, 0.6) is 0 Å². The minimum Gasteiger partial charge on any atom is -0.306 e. The second-order valence-corrected chi connectivity index (χ2v) is 6.03. The van der Waals surface area contributed by atoms with Crippen molar-refractivity contribution in [1.82, 2.24) is 9.55 Å². The average molecular weight is 414 g/mol. The van der Waals surface area contributed by atoms with Gasteiger partial charge >= 0.3 is 5.69 Å². The Balaban J connectivity index is 2.49. The van der Waals surface area contributed by atoms with Crippen LogP contribution in [-0.4, -0.2) is 9.55 Å². The Labute approximate surface area is 136 Å². The van der Waals surface area contributed by atoms with Crippen molar-refractivity contribution in [3.05, 3.63) is 71.9 Å². The summed E-state index contributed by atoms with van der Waals surface area (Å²) in [4.78, 5) is 27.2. The summed E-state index contributed by atoms with van der Waals surface area (Å²) >= 11 is 1.75. The molecule has 0 aliphatic carbocycles. The van der Waals surface area contributed by atoms with E-state index in [-0.39, 0.29) is 5.39 Å². The molecular weight excluding hydrogens is 405 g/mol. The maximum atomic E-state index is 14.1. The van der Waals surface area contributed by atoms with Gasteiger partial charge in [0.05, 0.1) is 10.9 Å². The molecule has 0 saturated heterocycles. The molecule has 3 aromatic rings. The summed E-state index contributed by atoms with van der Waals surface area (Å²) < 4.78 is 29.0. The molecule has 0 aliphatic rings. The van der Waals surface area contributed by atoms with Crippen molar-refractivity contribution < 1.29 is 8.78 Å². The first-order valence-corrected chi connectivity index (χ1v) is 7.37. The normalized spacial score (nSPS) is 11.1. The van der Waals surface area contributed by atoms with Crippen molar-refractivity contribution in [1.29, 1.82) is 0 Å². The molecule has 0 aliphatic heterocycles. The minimum absolute atomic E-state index is 0.192. The lowest BCUT2D eigenvalue weighted by atomic mass is 10.1. The largest absolute Gasteiger partial charge is 0.333 e. The lowest BCUT2D eigenvalue weighted by Crippen LogP contribution is -2.35. The molecule has 0 bridgehead atoms. The third-order valence-electron chi connectivity index (χ3n) is 3.35. The van der Waals surface area contributed by atoms with Gasteiger partial charge in [-0.15, -0.1) is 0 Å². The molecule has 0 atom stereocenters. The summed E-state index contributed by atoms with van der Waals surface area (Å²) in [5.74, 6) is -1.94. The number of rotatable bonds is 1. The number of nitrogens with zero attached hydrogens (tertiary/aromatic N) is 1. The van der Waals surface area contributed by atoms with E-state index in [0.29, 0.717) is 19.2 Å². The second kappa shape index (κ2) is 5.31. The molecule has 1 N–H and O–H groups in total. The molecular formula is C15H9F2IN2O2. The number of aryl methyl sites for hydroxylation is 1. The van der Waals surface area contributed by atoms with Gasteiger partial charge in [-0.05, 0) is 53.3 Å². The highest BCUT2D eigenvalue weighted by atomic mass is 127. The summed E-state index contributed by atoms with van der Waals surface area (Å²) in [5.41, 5.74) is -1.26. The van der Waals surface area contributed by atoms with E-state index < -0.39 is 28.6 Å². The van der Waals surface area contributed by atoms with Gasteiger partial charge in [0.15, 0.2) is 11.6 Å². The van der Waals surface area contributed by atoms with E-state index in [2.05, 4.69) is 4.98 Å². The van der Waals surface area contributed by atoms with Gasteiger partial charge in [0.1, 0.15) is 5.69 Å². The zero-order valence-electron chi connectivity index (χ0n) is 11.3. The highest BCUT2D eigenvalue weighted by molar-refractivity contribution is 14.1. The molecule has 0 spiro atoms. The van der Waals surface area contributed by atoms with E-state index >= 15 is 0 Å². The van der Waals surface area contributed by atoms with Crippen LogP contribution in [-0.2, 0) is 0 Å². The molecule has 2 aromatic carbocycles. The van der Waals surface area contributed by atoms with Crippen molar-refractivity contribution in [3.63, 3.8) is 0 Å². The van der Waals surface area contributed by atoms with E-state index in [1.54, 1.807) is 41.6 Å². The maximum absolute atomic E-state index is 14.1. The van der Waals surface area contributed by atoms with Gasteiger partial charge in [-0.2, -0.15) is 0 Å². The standard InChI is InChI=1S/C15H9F2IN2O2/c1-7-3-2-4-9-12(7)19-15(22)20(14(9)21)13-10(16)5-8(18)6-11(13)17/h2-6H,1H3,(H,19,22). The van der Waals surface area contributed by atoms with E-state index in [9.17, 15) is 18.4 Å². The Morgan fingerprint density at radius 3 is 2.41 bits per heavy atom. The topological polar surface area (TPSA) is 54.9 Å². The van der Waals surface area contributed by atoms with Crippen LogP contribution in [0, 0.1) is 22.1 Å². The number of para-hydroxylation sites is 1. The van der Waals surface area contributed by atoms with Gasteiger partial charge in [0.2, 0.25) is 0 Å². The zero-order chi connectivity index (χ0) is 16.0. The number of hydrogen-bond donors (Lipinski definition) is 1. The Hall–Kier alpha value is -2.03. The van der Waals surface area contributed by atoms with Crippen LogP contribution in [0.2, 0.25) is 0 Å². The number of hydrogen-bond acceptors (Lipinski definition) is 2. The molecule has 0 fully saturated rings. The summed E-state index contributed by atoms with van der Waals surface area (Å²) in [6.07, 6.45) is 0. The van der Waals surface area contributed by atoms with Crippen LogP contribution < -0.4 is 11.2 Å². The van der Waals surface area contributed by atoms with Crippen molar-refractivity contribution in [2.24, 2.45) is 0 Å². The Morgan fingerprint density at radius 1 is 1.14 bits per heavy atom. The third-order valence-corrected chi connectivity index (χ3v) is 3.97. The van der Waals surface area contributed by atoms with Crippen molar-refractivity contribution in [2.75, 3.05) is 0 Å². The molecule has 4 nitrogen and oxygen atoms in total. The van der Waals surface area contributed by atoms with Gasteiger partial charge < -0.3 is 4.98 Å². The summed E-state index contributed by atoms with van der Waals surface area (Å²) in [6.45, 7) is 1.73. The quantitative estimate of drug-likeness (QED) is 0.623. The summed E-state index contributed by atoms with van der Waals surface area (Å²) in [6, 6.07) is 6.99. The Kier molecular flexibility index (Phi) is 3.59. The van der Waals surface area contributed by atoms with E-state index in [0.717, 1.165) is 12.1 Å². The maximum Gasteiger partial charge on any atom is 0.333 e. The van der Waals surface area contributed by atoms with Gasteiger partial charge in [-0.1, -0.05) is 12.1 Å².